The number of nitriles is 1. The normalized spacial score (nSPS) is 10.8. The van der Waals surface area contributed by atoms with Gasteiger partial charge in [-0.15, -0.1) is 0 Å². The summed E-state index contributed by atoms with van der Waals surface area (Å²) in [6.07, 6.45) is 1.13. The molecule has 0 heterocycles. The summed E-state index contributed by atoms with van der Waals surface area (Å²) in [4.78, 5) is 11.6. The first-order valence-corrected chi connectivity index (χ1v) is 8.66. The van der Waals surface area contributed by atoms with Crippen LogP contribution in [0.5, 0.6) is 0 Å². The fourth-order valence-electron chi connectivity index (χ4n) is 1.37. The molecule has 0 atom stereocenters. The van der Waals surface area contributed by atoms with Gasteiger partial charge in [0.2, 0.25) is 5.91 Å². The Labute approximate surface area is 123 Å². The van der Waals surface area contributed by atoms with E-state index in [-0.39, 0.29) is 10.6 Å². The number of hydrogen-bond donors (Lipinski definition) is 1. The van der Waals surface area contributed by atoms with Gasteiger partial charge in [0, 0.05) is 6.42 Å². The third-order valence-electron chi connectivity index (χ3n) is 2.39. The SMILES string of the molecule is Cc1ccc(S(=O)(=O)NC(=O)CSCCCC#N)cc1. The third kappa shape index (κ3) is 5.63. The Morgan fingerprint density at radius 2 is 2.00 bits per heavy atom. The fraction of sp³-hybridized carbons (Fsp3) is 0.385. The molecule has 0 radical (unpaired) electrons. The summed E-state index contributed by atoms with van der Waals surface area (Å²) in [6, 6.07) is 8.29. The van der Waals surface area contributed by atoms with Gasteiger partial charge >= 0.3 is 0 Å². The van der Waals surface area contributed by atoms with Crippen molar-refractivity contribution in [2.24, 2.45) is 0 Å². The number of sulfonamides is 1. The van der Waals surface area contributed by atoms with Crippen LogP contribution in [0.2, 0.25) is 0 Å². The molecule has 0 aliphatic heterocycles. The van der Waals surface area contributed by atoms with Gasteiger partial charge < -0.3 is 0 Å². The van der Waals surface area contributed by atoms with Crippen molar-refractivity contribution >= 4 is 27.7 Å². The van der Waals surface area contributed by atoms with Gasteiger partial charge in [-0.05, 0) is 31.2 Å². The lowest BCUT2D eigenvalue weighted by Crippen LogP contribution is -2.32. The molecule has 1 rings (SSSR count). The van der Waals surface area contributed by atoms with Crippen LogP contribution in [-0.4, -0.2) is 25.8 Å². The molecule has 108 valence electrons. The summed E-state index contributed by atoms with van der Waals surface area (Å²) in [6.45, 7) is 1.85. The molecule has 1 amide bonds. The Balaban J connectivity index is 2.48. The van der Waals surface area contributed by atoms with Crippen LogP contribution in [0.3, 0.4) is 0 Å². The van der Waals surface area contributed by atoms with Gasteiger partial charge in [0.05, 0.1) is 16.7 Å². The Hall–Kier alpha value is -1.52. The molecule has 0 aliphatic carbocycles. The van der Waals surface area contributed by atoms with E-state index in [1.807, 2.05) is 17.7 Å². The number of rotatable bonds is 7. The first-order valence-electron chi connectivity index (χ1n) is 6.03. The quantitative estimate of drug-likeness (QED) is 0.776. The Morgan fingerprint density at radius 3 is 2.60 bits per heavy atom. The van der Waals surface area contributed by atoms with Crippen LogP contribution in [0.4, 0.5) is 0 Å². The lowest BCUT2D eigenvalue weighted by atomic mass is 10.2. The number of nitrogens with one attached hydrogen (secondary N) is 1. The maximum Gasteiger partial charge on any atom is 0.264 e. The van der Waals surface area contributed by atoms with E-state index in [2.05, 4.69) is 0 Å². The summed E-state index contributed by atoms with van der Waals surface area (Å²) >= 11 is 1.31. The Bertz CT molecular complexity index is 589. The molecule has 5 nitrogen and oxygen atoms in total. The minimum atomic E-state index is -3.79. The van der Waals surface area contributed by atoms with Gasteiger partial charge in [-0.3, -0.25) is 4.79 Å². The Morgan fingerprint density at radius 1 is 1.35 bits per heavy atom. The number of carbonyl (C=O) groups is 1. The van der Waals surface area contributed by atoms with E-state index in [1.165, 1.54) is 23.9 Å². The van der Waals surface area contributed by atoms with Crippen LogP contribution in [-0.2, 0) is 14.8 Å². The summed E-state index contributed by atoms with van der Waals surface area (Å²) in [5, 5.41) is 8.36. The van der Waals surface area contributed by atoms with Gasteiger partial charge in [-0.2, -0.15) is 17.0 Å². The van der Waals surface area contributed by atoms with Gasteiger partial charge in [-0.1, -0.05) is 17.7 Å². The average Bonchev–Trinajstić information content (AvgIpc) is 2.38. The second-order valence-electron chi connectivity index (χ2n) is 4.16. The zero-order chi connectivity index (χ0) is 15.0. The summed E-state index contributed by atoms with van der Waals surface area (Å²) in [5.74, 6) is 0.176. The highest BCUT2D eigenvalue weighted by atomic mass is 32.2. The molecule has 1 aromatic rings. The van der Waals surface area contributed by atoms with E-state index >= 15 is 0 Å². The number of unbranched alkanes of at least 4 members (excludes halogenated alkanes) is 1. The zero-order valence-corrected chi connectivity index (χ0v) is 12.8. The van der Waals surface area contributed by atoms with Crippen molar-refractivity contribution in [3.63, 3.8) is 0 Å². The van der Waals surface area contributed by atoms with E-state index in [0.717, 1.165) is 5.56 Å². The highest BCUT2D eigenvalue weighted by Gasteiger charge is 2.16. The lowest BCUT2D eigenvalue weighted by Gasteiger charge is -2.07. The van der Waals surface area contributed by atoms with E-state index in [1.54, 1.807) is 12.1 Å². The highest BCUT2D eigenvalue weighted by Crippen LogP contribution is 2.10. The van der Waals surface area contributed by atoms with Gasteiger partial charge in [0.1, 0.15) is 0 Å². The Kier molecular flexibility index (Phi) is 6.55. The number of aryl methyl sites for hydroxylation is 1. The second-order valence-corrected chi connectivity index (χ2v) is 6.94. The van der Waals surface area contributed by atoms with Crippen LogP contribution in [0.25, 0.3) is 0 Å². The number of thioether (sulfide) groups is 1. The standard InChI is InChI=1S/C13H16N2O3S2/c1-11-4-6-12(7-5-11)20(17,18)15-13(16)10-19-9-3-2-8-14/h4-7H,2-3,9-10H2,1H3,(H,15,16). The van der Waals surface area contributed by atoms with Crippen molar-refractivity contribution in [1.29, 1.82) is 5.26 Å². The molecule has 0 bridgehead atoms. The van der Waals surface area contributed by atoms with E-state index < -0.39 is 15.9 Å². The van der Waals surface area contributed by atoms with E-state index in [9.17, 15) is 13.2 Å². The molecule has 0 spiro atoms. The lowest BCUT2D eigenvalue weighted by molar-refractivity contribution is -0.116. The maximum absolute atomic E-state index is 11.9. The monoisotopic (exact) mass is 312 g/mol. The highest BCUT2D eigenvalue weighted by molar-refractivity contribution is 8.00. The minimum Gasteiger partial charge on any atom is -0.273 e. The molecule has 7 heteroatoms. The molecule has 1 N–H and O–H groups in total. The van der Waals surface area contributed by atoms with Crippen molar-refractivity contribution in [2.75, 3.05) is 11.5 Å². The molecular formula is C13H16N2O3S2. The molecule has 0 fully saturated rings. The molecule has 1 aromatic carbocycles. The molecule has 0 saturated heterocycles. The first-order chi connectivity index (χ1) is 9.45. The zero-order valence-electron chi connectivity index (χ0n) is 11.1. The smallest absolute Gasteiger partial charge is 0.264 e. The van der Waals surface area contributed by atoms with Crippen LogP contribution in [0.1, 0.15) is 18.4 Å². The molecule has 0 saturated carbocycles. The third-order valence-corrected chi connectivity index (χ3v) is 4.82. The molecule has 0 unspecified atom stereocenters. The van der Waals surface area contributed by atoms with Crippen LogP contribution in [0.15, 0.2) is 29.2 Å². The fourth-order valence-corrected chi connectivity index (χ4v) is 3.20. The van der Waals surface area contributed by atoms with Gasteiger partial charge in [0.15, 0.2) is 0 Å². The second kappa shape index (κ2) is 7.92. The van der Waals surface area contributed by atoms with Crippen molar-refractivity contribution in [2.45, 2.75) is 24.7 Å². The first kappa shape index (κ1) is 16.5. The maximum atomic E-state index is 11.9. The van der Waals surface area contributed by atoms with Crippen molar-refractivity contribution < 1.29 is 13.2 Å². The van der Waals surface area contributed by atoms with Crippen LogP contribution in [0, 0.1) is 18.3 Å². The summed E-state index contributed by atoms with van der Waals surface area (Å²) in [7, 11) is -3.79. The largest absolute Gasteiger partial charge is 0.273 e. The number of benzene rings is 1. The predicted molar refractivity (Wildman–Crippen MR) is 78.7 cm³/mol. The number of amides is 1. The van der Waals surface area contributed by atoms with Crippen molar-refractivity contribution in [3.05, 3.63) is 29.8 Å². The summed E-state index contributed by atoms with van der Waals surface area (Å²) < 4.78 is 25.8. The molecule has 20 heavy (non-hydrogen) atoms. The molecule has 0 aromatic heterocycles. The van der Waals surface area contributed by atoms with Gasteiger partial charge in [-0.25, -0.2) is 13.1 Å². The van der Waals surface area contributed by atoms with E-state index in [4.69, 9.17) is 5.26 Å². The number of hydrogen-bond acceptors (Lipinski definition) is 5. The molecule has 0 aliphatic rings. The van der Waals surface area contributed by atoms with Gasteiger partial charge in [0.25, 0.3) is 10.0 Å². The predicted octanol–water partition coefficient (Wildman–Crippen LogP) is 1.84. The topological polar surface area (TPSA) is 87.0 Å². The van der Waals surface area contributed by atoms with E-state index in [0.29, 0.717) is 18.6 Å². The summed E-state index contributed by atoms with van der Waals surface area (Å²) in [5.41, 5.74) is 0.948. The number of carbonyl (C=O) groups excluding carboxylic acids is 1. The number of nitrogens with zero attached hydrogens (tertiary/aromatic N) is 1. The van der Waals surface area contributed by atoms with Crippen molar-refractivity contribution in [3.8, 4) is 6.07 Å². The van der Waals surface area contributed by atoms with Crippen molar-refractivity contribution in [1.82, 2.24) is 4.72 Å². The minimum absolute atomic E-state index is 0.0660. The molecular weight excluding hydrogens is 296 g/mol. The van der Waals surface area contributed by atoms with Crippen LogP contribution < -0.4 is 4.72 Å². The van der Waals surface area contributed by atoms with Crippen LogP contribution >= 0.6 is 11.8 Å². The average molecular weight is 312 g/mol.